The summed E-state index contributed by atoms with van der Waals surface area (Å²) in [5.41, 5.74) is -0.168. The van der Waals surface area contributed by atoms with Crippen molar-refractivity contribution in [1.29, 1.82) is 0 Å². The molecular weight excluding hydrogens is 459 g/mol. The van der Waals surface area contributed by atoms with Gasteiger partial charge in [-0.25, -0.2) is 22.5 Å². The third-order valence-electron chi connectivity index (χ3n) is 5.87. The zero-order valence-corrected chi connectivity index (χ0v) is 19.8. The van der Waals surface area contributed by atoms with Gasteiger partial charge in [0.25, 0.3) is 21.5 Å². The Hall–Kier alpha value is -3.53. The molecule has 1 aromatic carbocycles. The Morgan fingerprint density at radius 3 is 2.62 bits per heavy atom. The summed E-state index contributed by atoms with van der Waals surface area (Å²) in [5, 5.41) is 0. The van der Waals surface area contributed by atoms with Gasteiger partial charge in [-0.1, -0.05) is 19.1 Å². The van der Waals surface area contributed by atoms with Crippen LogP contribution in [0, 0.1) is 11.7 Å². The third-order valence-corrected chi connectivity index (χ3v) is 7.22. The van der Waals surface area contributed by atoms with Crippen LogP contribution in [-0.4, -0.2) is 36.4 Å². The number of rotatable bonds is 5. The predicted octanol–water partition coefficient (Wildman–Crippen LogP) is 3.32. The van der Waals surface area contributed by atoms with Gasteiger partial charge in [-0.2, -0.15) is 0 Å². The normalized spacial score (nSPS) is 17.5. The average molecular weight is 485 g/mol. The Morgan fingerprint density at radius 2 is 1.97 bits per heavy atom. The van der Waals surface area contributed by atoms with Crippen LogP contribution in [0.3, 0.4) is 0 Å². The van der Waals surface area contributed by atoms with Crippen molar-refractivity contribution in [2.24, 2.45) is 5.92 Å². The van der Waals surface area contributed by atoms with Gasteiger partial charge in [0.2, 0.25) is 0 Å². The van der Waals surface area contributed by atoms with Crippen LogP contribution in [0.5, 0.6) is 0 Å². The van der Waals surface area contributed by atoms with Crippen molar-refractivity contribution in [2.75, 3.05) is 11.4 Å². The maximum absolute atomic E-state index is 13.8. The number of pyridine rings is 2. The minimum absolute atomic E-state index is 0.0401. The van der Waals surface area contributed by atoms with Gasteiger partial charge in [-0.3, -0.25) is 9.59 Å². The quantitative estimate of drug-likeness (QED) is 0.575. The smallest absolute Gasteiger partial charge is 0.269 e. The second-order valence-electron chi connectivity index (χ2n) is 9.11. The molecule has 178 valence electrons. The number of hydrogen-bond donors (Lipinski definition) is 2. The van der Waals surface area contributed by atoms with Gasteiger partial charge in [0, 0.05) is 23.8 Å². The van der Waals surface area contributed by atoms with Crippen LogP contribution >= 0.6 is 0 Å². The number of amides is 1. The fourth-order valence-corrected chi connectivity index (χ4v) is 5.47. The molecule has 0 aliphatic carbocycles. The first kappa shape index (κ1) is 23.6. The van der Waals surface area contributed by atoms with E-state index in [4.69, 9.17) is 0 Å². The number of nitrogens with one attached hydrogen (secondary N) is 2. The van der Waals surface area contributed by atoms with E-state index in [0.29, 0.717) is 29.5 Å². The monoisotopic (exact) mass is 484 g/mol. The summed E-state index contributed by atoms with van der Waals surface area (Å²) < 4.78 is 41.3. The van der Waals surface area contributed by atoms with Gasteiger partial charge in [-0.15, -0.1) is 0 Å². The van der Waals surface area contributed by atoms with Crippen molar-refractivity contribution < 1.29 is 17.6 Å². The molecule has 3 aromatic rings. The lowest BCUT2D eigenvalue weighted by Crippen LogP contribution is -2.41. The lowest BCUT2D eigenvalue weighted by Gasteiger charge is -2.34. The first-order valence-corrected chi connectivity index (χ1v) is 12.3. The van der Waals surface area contributed by atoms with Crippen molar-refractivity contribution in [1.82, 2.24) is 14.7 Å². The molecule has 0 spiro atoms. The maximum atomic E-state index is 13.8. The first-order valence-electron chi connectivity index (χ1n) is 10.8. The number of carbonyl (C=O) groups excluding carboxylic acids is 1. The average Bonchev–Trinajstić information content (AvgIpc) is 3.04. The Labute approximate surface area is 196 Å². The lowest BCUT2D eigenvalue weighted by atomic mass is 9.97. The van der Waals surface area contributed by atoms with Gasteiger partial charge in [0.1, 0.15) is 11.6 Å². The first-order chi connectivity index (χ1) is 16.0. The highest BCUT2D eigenvalue weighted by molar-refractivity contribution is 7.90. The number of sulfonamides is 1. The molecule has 4 rings (SSSR count). The second-order valence-corrected chi connectivity index (χ2v) is 10.8. The van der Waals surface area contributed by atoms with Crippen LogP contribution in [-0.2, 0) is 10.0 Å². The largest absolute Gasteiger partial charge is 0.351 e. The molecule has 0 saturated carbocycles. The van der Waals surface area contributed by atoms with Crippen LogP contribution < -0.4 is 15.2 Å². The lowest BCUT2D eigenvalue weighted by molar-refractivity contribution is 0.0981. The van der Waals surface area contributed by atoms with Crippen molar-refractivity contribution >= 4 is 21.7 Å². The second kappa shape index (κ2) is 8.68. The molecule has 1 fully saturated rings. The molecule has 0 bridgehead atoms. The Bertz CT molecular complexity index is 1420. The molecule has 1 amide bonds. The van der Waals surface area contributed by atoms with Crippen LogP contribution in [0.15, 0.2) is 64.4 Å². The number of aromatic nitrogens is 2. The Kier molecular flexibility index (Phi) is 6.03. The third kappa shape index (κ3) is 4.58. The Balaban J connectivity index is 1.79. The predicted molar refractivity (Wildman–Crippen MR) is 127 cm³/mol. The van der Waals surface area contributed by atoms with E-state index in [1.54, 1.807) is 18.2 Å². The standard InChI is InChI=1S/C24H25FN4O4S/c1-15-13-24(2,3)29(14-15)21-18(9-10-19(27-21)16-6-4-7-17(25)12-16)22(30)28-34(32,33)20-8-5-11-26-23(20)31/h4-12,15H,13-14H2,1-3H3,(H,26,31)(H,28,30)/t15-/m0/s1. The van der Waals surface area contributed by atoms with Crippen molar-refractivity contribution in [2.45, 2.75) is 37.6 Å². The number of aromatic amines is 1. The molecule has 0 radical (unpaired) electrons. The van der Waals surface area contributed by atoms with Crippen LogP contribution in [0.4, 0.5) is 10.2 Å². The van der Waals surface area contributed by atoms with E-state index in [1.165, 1.54) is 30.5 Å². The highest BCUT2D eigenvalue weighted by Gasteiger charge is 2.39. The van der Waals surface area contributed by atoms with E-state index in [-0.39, 0.29) is 11.1 Å². The summed E-state index contributed by atoms with van der Waals surface area (Å²) in [5.74, 6) is -0.716. The topological polar surface area (TPSA) is 112 Å². The fraction of sp³-hybridized carbons (Fsp3) is 0.292. The van der Waals surface area contributed by atoms with Crippen molar-refractivity contribution in [3.05, 3.63) is 76.5 Å². The van der Waals surface area contributed by atoms with E-state index in [2.05, 4.69) is 16.9 Å². The minimum atomic E-state index is -4.43. The molecule has 2 aromatic heterocycles. The highest BCUT2D eigenvalue weighted by atomic mass is 32.2. The number of H-pyrrole nitrogens is 1. The summed E-state index contributed by atoms with van der Waals surface area (Å²) in [6.07, 6.45) is 2.14. The molecule has 10 heteroatoms. The molecule has 3 heterocycles. The summed E-state index contributed by atoms with van der Waals surface area (Å²) in [7, 11) is -4.43. The van der Waals surface area contributed by atoms with E-state index < -0.39 is 32.2 Å². The molecule has 34 heavy (non-hydrogen) atoms. The van der Waals surface area contributed by atoms with Gasteiger partial charge in [0.05, 0.1) is 11.3 Å². The summed E-state index contributed by atoms with van der Waals surface area (Å²) in [4.78, 5) is 33.5. The van der Waals surface area contributed by atoms with Gasteiger partial charge >= 0.3 is 0 Å². The maximum Gasteiger partial charge on any atom is 0.269 e. The summed E-state index contributed by atoms with van der Waals surface area (Å²) in [6.45, 7) is 6.74. The van der Waals surface area contributed by atoms with Gasteiger partial charge in [-0.05, 0) is 62.6 Å². The molecule has 1 atom stereocenters. The van der Waals surface area contributed by atoms with E-state index in [0.717, 1.165) is 12.5 Å². The van der Waals surface area contributed by atoms with Crippen LogP contribution in [0.1, 0.15) is 37.6 Å². The molecule has 1 aliphatic heterocycles. The Morgan fingerprint density at radius 1 is 1.21 bits per heavy atom. The molecule has 1 aliphatic rings. The molecule has 0 unspecified atom stereocenters. The van der Waals surface area contributed by atoms with E-state index in [1.807, 2.05) is 23.5 Å². The van der Waals surface area contributed by atoms with E-state index in [9.17, 15) is 22.4 Å². The minimum Gasteiger partial charge on any atom is -0.351 e. The molecule has 1 saturated heterocycles. The fourth-order valence-electron chi connectivity index (χ4n) is 4.45. The molecular formula is C24H25FN4O4S. The number of halogens is 1. The number of nitrogens with zero attached hydrogens (tertiary/aromatic N) is 2. The number of hydrogen-bond acceptors (Lipinski definition) is 6. The highest BCUT2D eigenvalue weighted by Crippen LogP contribution is 2.38. The molecule has 8 nitrogen and oxygen atoms in total. The SMILES string of the molecule is C[C@@H]1CN(c2nc(-c3cccc(F)c3)ccc2C(=O)NS(=O)(=O)c2ccc[nH]c2=O)C(C)(C)C1. The van der Waals surface area contributed by atoms with Crippen LogP contribution in [0.25, 0.3) is 11.3 Å². The zero-order chi connectivity index (χ0) is 24.7. The number of carbonyl (C=O) groups is 1. The van der Waals surface area contributed by atoms with Gasteiger partial charge in [0.15, 0.2) is 4.90 Å². The van der Waals surface area contributed by atoms with Crippen molar-refractivity contribution in [3.8, 4) is 11.3 Å². The summed E-state index contributed by atoms with van der Waals surface area (Å²) in [6, 6.07) is 11.4. The molecule has 2 N–H and O–H groups in total. The van der Waals surface area contributed by atoms with E-state index >= 15 is 0 Å². The summed E-state index contributed by atoms with van der Waals surface area (Å²) >= 11 is 0. The number of anilines is 1. The zero-order valence-electron chi connectivity index (χ0n) is 19.0. The van der Waals surface area contributed by atoms with Crippen molar-refractivity contribution in [3.63, 3.8) is 0 Å². The van der Waals surface area contributed by atoms with Crippen LogP contribution in [0.2, 0.25) is 0 Å². The number of benzene rings is 1. The van der Waals surface area contributed by atoms with Gasteiger partial charge < -0.3 is 9.88 Å².